The topological polar surface area (TPSA) is 63.7 Å². The van der Waals surface area contributed by atoms with Gasteiger partial charge in [-0.3, -0.25) is 9.10 Å². The Labute approximate surface area is 143 Å². The van der Waals surface area contributed by atoms with E-state index in [0.717, 1.165) is 10.0 Å². The number of nitrogens with zero attached hydrogens (tertiary/aromatic N) is 1. The highest BCUT2D eigenvalue weighted by Gasteiger charge is 2.34. The number of hydrogen-bond acceptors (Lipinski definition) is 4. The van der Waals surface area contributed by atoms with Crippen LogP contribution in [0.2, 0.25) is 0 Å². The van der Waals surface area contributed by atoms with Gasteiger partial charge in [-0.15, -0.1) is 0 Å². The molecule has 1 aliphatic rings. The zero-order valence-electron chi connectivity index (χ0n) is 12.3. The maximum atomic E-state index is 12.9. The second kappa shape index (κ2) is 5.98. The van der Waals surface area contributed by atoms with Gasteiger partial charge in [0.05, 0.1) is 24.1 Å². The van der Waals surface area contributed by atoms with Crippen molar-refractivity contribution in [2.75, 3.05) is 18.0 Å². The van der Waals surface area contributed by atoms with E-state index in [4.69, 9.17) is 0 Å². The third kappa shape index (κ3) is 2.74. The lowest BCUT2D eigenvalue weighted by Gasteiger charge is -2.32. The van der Waals surface area contributed by atoms with Crippen LogP contribution in [-0.2, 0) is 19.6 Å². The minimum atomic E-state index is -3.70. The van der Waals surface area contributed by atoms with E-state index in [0.29, 0.717) is 11.3 Å². The van der Waals surface area contributed by atoms with Crippen LogP contribution in [0.1, 0.15) is 6.42 Å². The first-order valence-corrected chi connectivity index (χ1v) is 9.17. The van der Waals surface area contributed by atoms with E-state index in [9.17, 15) is 13.2 Å². The van der Waals surface area contributed by atoms with E-state index in [2.05, 4.69) is 20.7 Å². The van der Waals surface area contributed by atoms with Crippen molar-refractivity contribution in [2.45, 2.75) is 11.3 Å². The molecule has 0 unspecified atom stereocenters. The first-order chi connectivity index (χ1) is 10.9. The van der Waals surface area contributed by atoms with Crippen molar-refractivity contribution in [1.29, 1.82) is 0 Å². The first-order valence-electron chi connectivity index (χ1n) is 6.93. The number of benzene rings is 2. The van der Waals surface area contributed by atoms with Gasteiger partial charge in [0, 0.05) is 22.1 Å². The molecule has 5 nitrogen and oxygen atoms in total. The molecule has 1 heterocycles. The largest absolute Gasteiger partial charge is 0.469 e. The fourth-order valence-corrected chi connectivity index (χ4v) is 4.69. The standard InChI is InChI=1S/C16H14BrNO4S/c1-22-16(19)8-9-18-14-7-6-11(17)10-13(14)12-4-2-3-5-15(12)23(18,20)21/h2-7,10H,8-9H2,1H3. The minimum Gasteiger partial charge on any atom is -0.469 e. The molecule has 0 spiro atoms. The number of rotatable bonds is 3. The summed E-state index contributed by atoms with van der Waals surface area (Å²) in [5, 5.41) is 0. The third-order valence-electron chi connectivity index (χ3n) is 3.72. The molecule has 1 aliphatic heterocycles. The Morgan fingerprint density at radius 3 is 2.65 bits per heavy atom. The van der Waals surface area contributed by atoms with Crippen molar-refractivity contribution in [3.63, 3.8) is 0 Å². The van der Waals surface area contributed by atoms with Crippen LogP contribution in [-0.4, -0.2) is 28.0 Å². The SMILES string of the molecule is COC(=O)CCN1c2ccc(Br)cc2-c2ccccc2S1(=O)=O. The lowest BCUT2D eigenvalue weighted by molar-refractivity contribution is -0.140. The number of carbonyl (C=O) groups is 1. The normalized spacial score (nSPS) is 14.8. The summed E-state index contributed by atoms with van der Waals surface area (Å²) in [5.74, 6) is -0.447. The number of esters is 1. The van der Waals surface area contributed by atoms with Gasteiger partial charge in [-0.2, -0.15) is 0 Å². The van der Waals surface area contributed by atoms with Gasteiger partial charge >= 0.3 is 5.97 Å². The van der Waals surface area contributed by atoms with Gasteiger partial charge in [-0.1, -0.05) is 34.1 Å². The van der Waals surface area contributed by atoms with Crippen molar-refractivity contribution < 1.29 is 17.9 Å². The number of fused-ring (bicyclic) bond motifs is 3. The molecule has 2 aromatic carbocycles. The second-order valence-corrected chi connectivity index (χ2v) is 7.81. The summed E-state index contributed by atoms with van der Waals surface area (Å²) < 4.78 is 32.6. The molecule has 2 aromatic rings. The quantitative estimate of drug-likeness (QED) is 0.748. The van der Waals surface area contributed by atoms with Gasteiger partial charge in [-0.05, 0) is 24.3 Å². The van der Waals surface area contributed by atoms with E-state index in [1.807, 2.05) is 12.1 Å². The summed E-state index contributed by atoms with van der Waals surface area (Å²) in [6.07, 6.45) is -0.00655. The predicted molar refractivity (Wildman–Crippen MR) is 90.7 cm³/mol. The van der Waals surface area contributed by atoms with Gasteiger partial charge in [0.15, 0.2) is 0 Å². The predicted octanol–water partition coefficient (Wildman–Crippen LogP) is 3.19. The molecule has 0 aromatic heterocycles. The Morgan fingerprint density at radius 1 is 1.17 bits per heavy atom. The number of ether oxygens (including phenoxy) is 1. The van der Waals surface area contributed by atoms with Crippen molar-refractivity contribution in [1.82, 2.24) is 0 Å². The van der Waals surface area contributed by atoms with Crippen LogP contribution >= 0.6 is 15.9 Å². The van der Waals surface area contributed by atoms with Gasteiger partial charge in [-0.25, -0.2) is 8.42 Å². The fourth-order valence-electron chi connectivity index (χ4n) is 2.64. The van der Waals surface area contributed by atoms with Crippen LogP contribution in [0.3, 0.4) is 0 Å². The molecule has 3 rings (SSSR count). The van der Waals surface area contributed by atoms with E-state index in [1.54, 1.807) is 30.3 Å². The van der Waals surface area contributed by atoms with Crippen LogP contribution in [0.15, 0.2) is 51.8 Å². The van der Waals surface area contributed by atoms with Crippen LogP contribution in [0.25, 0.3) is 11.1 Å². The van der Waals surface area contributed by atoms with Crippen molar-refractivity contribution in [3.05, 3.63) is 46.9 Å². The van der Waals surface area contributed by atoms with Crippen molar-refractivity contribution >= 4 is 37.6 Å². The monoisotopic (exact) mass is 395 g/mol. The maximum Gasteiger partial charge on any atom is 0.307 e. The molecule has 0 bridgehead atoms. The van der Waals surface area contributed by atoms with Gasteiger partial charge in [0.25, 0.3) is 10.0 Å². The molecule has 0 aliphatic carbocycles. The highest BCUT2D eigenvalue weighted by atomic mass is 79.9. The fraction of sp³-hybridized carbons (Fsp3) is 0.188. The molecular formula is C16H14BrNO4S. The minimum absolute atomic E-state index is 0.00655. The van der Waals surface area contributed by atoms with Crippen LogP contribution in [0, 0.1) is 0 Å². The molecule has 120 valence electrons. The van der Waals surface area contributed by atoms with Gasteiger partial charge in [0.1, 0.15) is 0 Å². The molecular weight excluding hydrogens is 382 g/mol. The lowest BCUT2D eigenvalue weighted by atomic mass is 10.0. The van der Waals surface area contributed by atoms with Gasteiger partial charge in [0.2, 0.25) is 0 Å². The van der Waals surface area contributed by atoms with Crippen molar-refractivity contribution in [3.8, 4) is 11.1 Å². The molecule has 0 saturated heterocycles. The zero-order chi connectivity index (χ0) is 16.6. The maximum absolute atomic E-state index is 12.9. The molecule has 0 atom stereocenters. The molecule has 23 heavy (non-hydrogen) atoms. The van der Waals surface area contributed by atoms with Gasteiger partial charge < -0.3 is 4.74 Å². The molecule has 0 amide bonds. The van der Waals surface area contributed by atoms with E-state index < -0.39 is 16.0 Å². The lowest BCUT2D eigenvalue weighted by Crippen LogP contribution is -2.36. The Hall–Kier alpha value is -1.86. The number of anilines is 1. The number of halogens is 1. The van der Waals surface area contributed by atoms with E-state index in [1.165, 1.54) is 11.4 Å². The average molecular weight is 396 g/mol. The summed E-state index contributed by atoms with van der Waals surface area (Å²) in [5.41, 5.74) is 2.04. The first kappa shape index (κ1) is 16.0. The highest BCUT2D eigenvalue weighted by molar-refractivity contribution is 9.10. The Bertz CT molecular complexity index is 879. The molecule has 0 N–H and O–H groups in total. The molecule has 0 fully saturated rings. The third-order valence-corrected chi connectivity index (χ3v) is 6.08. The van der Waals surface area contributed by atoms with E-state index in [-0.39, 0.29) is 17.9 Å². The Balaban J connectivity index is 2.17. The smallest absolute Gasteiger partial charge is 0.307 e. The summed E-state index contributed by atoms with van der Waals surface area (Å²) in [6, 6.07) is 12.3. The molecule has 0 saturated carbocycles. The van der Waals surface area contributed by atoms with Crippen LogP contribution in [0.5, 0.6) is 0 Å². The number of methoxy groups -OCH3 is 1. The number of hydrogen-bond donors (Lipinski definition) is 0. The van der Waals surface area contributed by atoms with E-state index >= 15 is 0 Å². The zero-order valence-corrected chi connectivity index (χ0v) is 14.7. The molecule has 0 radical (unpaired) electrons. The van der Waals surface area contributed by atoms with Crippen LogP contribution in [0.4, 0.5) is 5.69 Å². The summed E-state index contributed by atoms with van der Waals surface area (Å²) in [6.45, 7) is 0.0397. The Kier molecular flexibility index (Phi) is 4.16. The van der Waals surface area contributed by atoms with Crippen LogP contribution < -0.4 is 4.31 Å². The highest BCUT2D eigenvalue weighted by Crippen LogP contribution is 2.43. The average Bonchev–Trinajstić information content (AvgIpc) is 2.55. The molecule has 7 heteroatoms. The summed E-state index contributed by atoms with van der Waals surface area (Å²) >= 11 is 3.42. The summed E-state index contributed by atoms with van der Waals surface area (Å²) in [7, 11) is -2.42. The second-order valence-electron chi connectivity index (χ2n) is 5.06. The Morgan fingerprint density at radius 2 is 1.91 bits per heavy atom. The number of carbonyl (C=O) groups excluding carboxylic acids is 1. The summed E-state index contributed by atoms with van der Waals surface area (Å²) in [4.78, 5) is 11.7. The van der Waals surface area contributed by atoms with Crippen molar-refractivity contribution in [2.24, 2.45) is 0 Å². The number of sulfonamides is 1.